The van der Waals surface area contributed by atoms with E-state index >= 15 is 0 Å². The average Bonchev–Trinajstić information content (AvgIpc) is 3.20. The summed E-state index contributed by atoms with van der Waals surface area (Å²) in [6, 6.07) is 14.8. The van der Waals surface area contributed by atoms with Crippen molar-refractivity contribution in [2.45, 2.75) is 45.2 Å². The molecular formula is C23H25N3O. The molecule has 2 aromatic carbocycles. The third-order valence-corrected chi connectivity index (χ3v) is 5.28. The van der Waals surface area contributed by atoms with Gasteiger partial charge in [0.25, 0.3) is 0 Å². The Labute approximate surface area is 160 Å². The number of aromatic nitrogens is 2. The van der Waals surface area contributed by atoms with Crippen LogP contribution in [0.4, 0.5) is 0 Å². The second kappa shape index (κ2) is 8.21. The monoisotopic (exact) mass is 359 g/mol. The van der Waals surface area contributed by atoms with Gasteiger partial charge >= 0.3 is 0 Å². The van der Waals surface area contributed by atoms with Gasteiger partial charge in [0.05, 0.1) is 12.7 Å². The number of nitrogens with one attached hydrogen (secondary N) is 1. The van der Waals surface area contributed by atoms with E-state index < -0.39 is 0 Å². The maximum atomic E-state index is 12.5. The summed E-state index contributed by atoms with van der Waals surface area (Å²) < 4.78 is 2.04. The van der Waals surface area contributed by atoms with Gasteiger partial charge in [0.1, 0.15) is 0 Å². The summed E-state index contributed by atoms with van der Waals surface area (Å²) in [7, 11) is 0. The SMILES string of the molecule is O=C(Cc1ccc2c(c1)CCCC2)NCc1ccccc1Cn1ccnc1. The summed E-state index contributed by atoms with van der Waals surface area (Å²) in [6.07, 6.45) is 10.8. The van der Waals surface area contributed by atoms with Crippen molar-refractivity contribution in [1.82, 2.24) is 14.9 Å². The van der Waals surface area contributed by atoms with Gasteiger partial charge < -0.3 is 9.88 Å². The van der Waals surface area contributed by atoms with Gasteiger partial charge in [-0.3, -0.25) is 4.79 Å². The maximum absolute atomic E-state index is 12.5. The molecule has 1 N–H and O–H groups in total. The molecule has 1 amide bonds. The van der Waals surface area contributed by atoms with Crippen LogP contribution in [0.5, 0.6) is 0 Å². The molecule has 1 aliphatic carbocycles. The molecule has 0 radical (unpaired) electrons. The fraction of sp³-hybridized carbons (Fsp3) is 0.304. The Hall–Kier alpha value is -2.88. The standard InChI is InChI=1S/C23H25N3O/c27-23(14-18-9-10-19-5-1-2-6-20(19)13-18)25-15-21-7-3-4-8-22(21)16-26-12-11-24-17-26/h3-4,7-13,17H,1-2,5-6,14-16H2,(H,25,27). The van der Waals surface area contributed by atoms with Gasteiger partial charge in [-0.05, 0) is 53.5 Å². The molecule has 3 aromatic rings. The van der Waals surface area contributed by atoms with Gasteiger partial charge in [-0.25, -0.2) is 4.98 Å². The van der Waals surface area contributed by atoms with E-state index in [2.05, 4.69) is 40.6 Å². The highest BCUT2D eigenvalue weighted by atomic mass is 16.1. The minimum atomic E-state index is 0.0724. The first-order valence-corrected chi connectivity index (χ1v) is 9.68. The van der Waals surface area contributed by atoms with Gasteiger partial charge in [-0.2, -0.15) is 0 Å². The summed E-state index contributed by atoms with van der Waals surface area (Å²) in [5.41, 5.74) is 6.34. The normalized spacial score (nSPS) is 13.2. The van der Waals surface area contributed by atoms with Crippen molar-refractivity contribution in [2.75, 3.05) is 0 Å². The summed E-state index contributed by atoms with van der Waals surface area (Å²) >= 11 is 0. The third-order valence-electron chi connectivity index (χ3n) is 5.28. The number of fused-ring (bicyclic) bond motifs is 1. The van der Waals surface area contributed by atoms with E-state index in [4.69, 9.17) is 0 Å². The van der Waals surface area contributed by atoms with Crippen molar-refractivity contribution in [2.24, 2.45) is 0 Å². The van der Waals surface area contributed by atoms with Crippen LogP contribution >= 0.6 is 0 Å². The van der Waals surface area contributed by atoms with Crippen molar-refractivity contribution < 1.29 is 4.79 Å². The van der Waals surface area contributed by atoms with E-state index in [0.29, 0.717) is 13.0 Å². The number of carbonyl (C=O) groups is 1. The Morgan fingerprint density at radius 1 is 1.04 bits per heavy atom. The molecule has 0 aliphatic heterocycles. The summed E-state index contributed by atoms with van der Waals surface area (Å²) in [5, 5.41) is 3.08. The highest BCUT2D eigenvalue weighted by Crippen LogP contribution is 2.22. The number of imidazole rings is 1. The maximum Gasteiger partial charge on any atom is 0.224 e. The molecule has 0 saturated heterocycles. The van der Waals surface area contributed by atoms with Crippen molar-refractivity contribution in [3.8, 4) is 0 Å². The van der Waals surface area contributed by atoms with E-state index in [0.717, 1.165) is 24.1 Å². The number of nitrogens with zero attached hydrogens (tertiary/aromatic N) is 2. The molecule has 0 saturated carbocycles. The van der Waals surface area contributed by atoms with E-state index in [9.17, 15) is 4.79 Å². The number of hydrogen-bond donors (Lipinski definition) is 1. The van der Waals surface area contributed by atoms with Crippen LogP contribution in [0.25, 0.3) is 0 Å². The van der Waals surface area contributed by atoms with Crippen LogP contribution in [-0.2, 0) is 37.1 Å². The summed E-state index contributed by atoms with van der Waals surface area (Å²) in [4.78, 5) is 16.5. The van der Waals surface area contributed by atoms with Crippen LogP contribution in [0, 0.1) is 0 Å². The number of rotatable bonds is 6. The smallest absolute Gasteiger partial charge is 0.224 e. The lowest BCUT2D eigenvalue weighted by Gasteiger charge is -2.16. The van der Waals surface area contributed by atoms with Crippen LogP contribution in [-0.4, -0.2) is 15.5 Å². The molecule has 0 fully saturated rings. The van der Waals surface area contributed by atoms with Crippen molar-refractivity contribution in [3.05, 3.63) is 89.0 Å². The molecule has 4 heteroatoms. The number of carbonyl (C=O) groups excluding carboxylic acids is 1. The Morgan fingerprint density at radius 2 is 1.85 bits per heavy atom. The topological polar surface area (TPSA) is 46.9 Å². The quantitative estimate of drug-likeness (QED) is 0.730. The molecule has 1 aromatic heterocycles. The lowest BCUT2D eigenvalue weighted by Crippen LogP contribution is -2.25. The van der Waals surface area contributed by atoms with Crippen LogP contribution in [0.2, 0.25) is 0 Å². The molecule has 4 rings (SSSR count). The Balaban J connectivity index is 1.37. The number of aryl methyl sites for hydroxylation is 2. The van der Waals surface area contributed by atoms with Crippen LogP contribution < -0.4 is 5.32 Å². The highest BCUT2D eigenvalue weighted by Gasteiger charge is 2.11. The Bertz CT molecular complexity index is 915. The highest BCUT2D eigenvalue weighted by molar-refractivity contribution is 5.78. The fourth-order valence-electron chi connectivity index (χ4n) is 3.80. The third kappa shape index (κ3) is 4.45. The largest absolute Gasteiger partial charge is 0.352 e. The number of benzene rings is 2. The molecule has 0 atom stereocenters. The molecule has 27 heavy (non-hydrogen) atoms. The molecule has 1 heterocycles. The number of amides is 1. The van der Waals surface area contributed by atoms with E-state index in [1.165, 1.54) is 36.0 Å². The summed E-state index contributed by atoms with van der Waals surface area (Å²) in [5.74, 6) is 0.0724. The zero-order valence-electron chi connectivity index (χ0n) is 15.5. The second-order valence-electron chi connectivity index (χ2n) is 7.27. The minimum absolute atomic E-state index is 0.0724. The molecule has 1 aliphatic rings. The molecule has 0 bridgehead atoms. The molecule has 0 unspecified atom stereocenters. The molecule has 0 spiro atoms. The van der Waals surface area contributed by atoms with Gasteiger partial charge in [-0.15, -0.1) is 0 Å². The Kier molecular flexibility index (Phi) is 5.33. The second-order valence-corrected chi connectivity index (χ2v) is 7.27. The average molecular weight is 359 g/mol. The fourth-order valence-corrected chi connectivity index (χ4v) is 3.80. The van der Waals surface area contributed by atoms with Crippen molar-refractivity contribution >= 4 is 5.91 Å². The molecule has 4 nitrogen and oxygen atoms in total. The predicted molar refractivity (Wildman–Crippen MR) is 106 cm³/mol. The van der Waals surface area contributed by atoms with E-state index in [1.54, 1.807) is 6.20 Å². The summed E-state index contributed by atoms with van der Waals surface area (Å²) in [6.45, 7) is 1.31. The van der Waals surface area contributed by atoms with Gasteiger partial charge in [0.15, 0.2) is 0 Å². The first-order chi connectivity index (χ1) is 13.3. The van der Waals surface area contributed by atoms with Crippen molar-refractivity contribution in [1.29, 1.82) is 0 Å². The molecule has 138 valence electrons. The van der Waals surface area contributed by atoms with Crippen LogP contribution in [0.1, 0.15) is 40.7 Å². The zero-order chi connectivity index (χ0) is 18.5. The Morgan fingerprint density at radius 3 is 2.67 bits per heavy atom. The lowest BCUT2D eigenvalue weighted by atomic mass is 9.90. The van der Waals surface area contributed by atoms with Crippen LogP contribution in [0.15, 0.2) is 61.2 Å². The van der Waals surface area contributed by atoms with E-state index in [-0.39, 0.29) is 5.91 Å². The van der Waals surface area contributed by atoms with Gasteiger partial charge in [0, 0.05) is 25.5 Å². The first kappa shape index (κ1) is 17.5. The van der Waals surface area contributed by atoms with Gasteiger partial charge in [-0.1, -0.05) is 42.5 Å². The van der Waals surface area contributed by atoms with Crippen molar-refractivity contribution in [3.63, 3.8) is 0 Å². The van der Waals surface area contributed by atoms with E-state index in [1.807, 2.05) is 29.2 Å². The minimum Gasteiger partial charge on any atom is -0.352 e. The first-order valence-electron chi connectivity index (χ1n) is 9.68. The predicted octanol–water partition coefficient (Wildman–Crippen LogP) is 3.67. The van der Waals surface area contributed by atoms with Gasteiger partial charge in [0.2, 0.25) is 5.91 Å². The zero-order valence-corrected chi connectivity index (χ0v) is 15.5. The van der Waals surface area contributed by atoms with Crippen LogP contribution in [0.3, 0.4) is 0 Å². The molecular weight excluding hydrogens is 334 g/mol. The number of hydrogen-bond acceptors (Lipinski definition) is 2. The lowest BCUT2D eigenvalue weighted by molar-refractivity contribution is -0.120.